The zero-order valence-corrected chi connectivity index (χ0v) is 14.7. The molecule has 0 radical (unpaired) electrons. The fourth-order valence-electron chi connectivity index (χ4n) is 4.39. The van der Waals surface area contributed by atoms with Gasteiger partial charge in [-0.2, -0.15) is 0 Å². The predicted molar refractivity (Wildman–Crippen MR) is 86.2 cm³/mol. The van der Waals surface area contributed by atoms with Crippen LogP contribution in [-0.4, -0.2) is 54.5 Å². The zero-order chi connectivity index (χ0) is 17.5. The summed E-state index contributed by atoms with van der Waals surface area (Å²) in [6.07, 6.45) is 3.64. The molecule has 0 aromatic heterocycles. The van der Waals surface area contributed by atoms with Crippen molar-refractivity contribution in [2.45, 2.75) is 57.8 Å². The number of carbonyl (C=O) groups is 2. The van der Waals surface area contributed by atoms with Crippen molar-refractivity contribution in [3.05, 3.63) is 11.6 Å². The third-order valence-corrected chi connectivity index (χ3v) is 6.03. The van der Waals surface area contributed by atoms with Gasteiger partial charge in [-0.05, 0) is 26.2 Å². The fraction of sp³-hybridized carbons (Fsp3) is 0.778. The highest BCUT2D eigenvalue weighted by molar-refractivity contribution is 5.83. The van der Waals surface area contributed by atoms with Crippen molar-refractivity contribution in [3.63, 3.8) is 0 Å². The number of nitrogens with one attached hydrogen (secondary N) is 1. The Hall–Kier alpha value is -1.40. The molecule has 0 bridgehead atoms. The summed E-state index contributed by atoms with van der Waals surface area (Å²) < 4.78 is 11.2. The van der Waals surface area contributed by atoms with Crippen molar-refractivity contribution >= 4 is 11.9 Å². The van der Waals surface area contributed by atoms with E-state index in [0.717, 1.165) is 31.5 Å². The van der Waals surface area contributed by atoms with E-state index in [1.54, 1.807) is 6.92 Å². The molecule has 0 spiro atoms. The van der Waals surface area contributed by atoms with Crippen LogP contribution in [0.3, 0.4) is 0 Å². The van der Waals surface area contributed by atoms with Crippen LogP contribution in [0.5, 0.6) is 0 Å². The molecule has 6 unspecified atom stereocenters. The van der Waals surface area contributed by atoms with E-state index >= 15 is 0 Å². The van der Waals surface area contributed by atoms with Crippen LogP contribution in [0.25, 0.3) is 0 Å². The zero-order valence-electron chi connectivity index (χ0n) is 14.7. The van der Waals surface area contributed by atoms with Gasteiger partial charge in [-0.25, -0.2) is 9.59 Å². The van der Waals surface area contributed by atoms with E-state index in [0.29, 0.717) is 6.42 Å². The van der Waals surface area contributed by atoms with E-state index in [1.165, 1.54) is 17.9 Å². The lowest BCUT2D eigenvalue weighted by atomic mass is 9.85. The van der Waals surface area contributed by atoms with E-state index < -0.39 is 11.6 Å². The summed E-state index contributed by atoms with van der Waals surface area (Å²) in [7, 11) is 0. The standard InChI is InChI=1S/C18H27NO5/c1-11-8-12(2)18(3,22)17(21)23-10-13-4-6-19-7-5-14(16(13)19)24-15(20)9-11/h9,12-14,16,22H,4-8,10H2,1-3H3/p+1. The third-order valence-electron chi connectivity index (χ3n) is 6.03. The number of ether oxygens (including phenoxy) is 2. The summed E-state index contributed by atoms with van der Waals surface area (Å²) in [6, 6.07) is 0.193. The number of hydrogen-bond donors (Lipinski definition) is 2. The second kappa shape index (κ2) is 6.48. The average molecular weight is 338 g/mol. The van der Waals surface area contributed by atoms with Gasteiger partial charge in [-0.1, -0.05) is 12.5 Å². The maximum atomic E-state index is 12.4. The minimum absolute atomic E-state index is 0.110. The maximum absolute atomic E-state index is 12.4. The van der Waals surface area contributed by atoms with Crippen LogP contribution in [-0.2, 0) is 19.1 Å². The first-order valence-corrected chi connectivity index (χ1v) is 8.91. The van der Waals surface area contributed by atoms with Gasteiger partial charge in [0.2, 0.25) is 0 Å². The van der Waals surface area contributed by atoms with Crippen molar-refractivity contribution in [1.82, 2.24) is 0 Å². The molecule has 2 N–H and O–H groups in total. The van der Waals surface area contributed by atoms with E-state index in [1.807, 2.05) is 6.92 Å². The van der Waals surface area contributed by atoms with E-state index in [-0.39, 0.29) is 36.6 Å². The number of rotatable bonds is 0. The molecule has 0 saturated carbocycles. The first kappa shape index (κ1) is 17.4. The molecule has 24 heavy (non-hydrogen) atoms. The van der Waals surface area contributed by atoms with Crippen molar-refractivity contribution in [1.29, 1.82) is 0 Å². The van der Waals surface area contributed by atoms with Gasteiger partial charge in [0.25, 0.3) is 0 Å². The molecule has 3 aliphatic heterocycles. The van der Waals surface area contributed by atoms with Crippen LogP contribution in [0.2, 0.25) is 0 Å². The molecule has 2 saturated heterocycles. The predicted octanol–water partition coefficient (Wildman–Crippen LogP) is -0.144. The summed E-state index contributed by atoms with van der Waals surface area (Å²) in [5, 5.41) is 10.6. The first-order valence-electron chi connectivity index (χ1n) is 8.91. The summed E-state index contributed by atoms with van der Waals surface area (Å²) in [5.74, 6) is -1.05. The van der Waals surface area contributed by atoms with E-state index in [2.05, 4.69) is 0 Å². The quantitative estimate of drug-likeness (QED) is 0.601. The van der Waals surface area contributed by atoms with Crippen molar-refractivity contribution in [2.24, 2.45) is 11.8 Å². The Morgan fingerprint density at radius 1 is 1.29 bits per heavy atom. The van der Waals surface area contributed by atoms with Gasteiger partial charge in [0.05, 0.1) is 19.0 Å². The van der Waals surface area contributed by atoms with Gasteiger partial charge >= 0.3 is 11.9 Å². The van der Waals surface area contributed by atoms with Crippen LogP contribution >= 0.6 is 0 Å². The largest absolute Gasteiger partial charge is 0.463 e. The fourth-order valence-corrected chi connectivity index (χ4v) is 4.39. The highest BCUT2D eigenvalue weighted by Crippen LogP contribution is 2.28. The average Bonchev–Trinajstić information content (AvgIpc) is 3.06. The molecule has 2 fully saturated rings. The third kappa shape index (κ3) is 3.22. The van der Waals surface area contributed by atoms with Crippen molar-refractivity contribution in [2.75, 3.05) is 19.7 Å². The molecular weight excluding hydrogens is 310 g/mol. The molecule has 6 heteroatoms. The van der Waals surface area contributed by atoms with E-state index in [4.69, 9.17) is 9.47 Å². The Balaban J connectivity index is 1.86. The Kier molecular flexibility index (Phi) is 4.71. The molecule has 0 amide bonds. The second-order valence-corrected chi connectivity index (χ2v) is 7.84. The lowest BCUT2D eigenvalue weighted by Gasteiger charge is -2.29. The summed E-state index contributed by atoms with van der Waals surface area (Å²) in [5.41, 5.74) is -0.766. The molecule has 3 aliphatic rings. The Morgan fingerprint density at radius 3 is 2.75 bits per heavy atom. The Labute approximate surface area is 142 Å². The number of aliphatic hydroxyl groups is 1. The van der Waals surface area contributed by atoms with Crippen LogP contribution in [0, 0.1) is 11.8 Å². The second-order valence-electron chi connectivity index (χ2n) is 7.84. The van der Waals surface area contributed by atoms with Crippen molar-refractivity contribution < 1.29 is 29.1 Å². The van der Waals surface area contributed by atoms with Crippen LogP contribution in [0.1, 0.15) is 40.0 Å². The van der Waals surface area contributed by atoms with Gasteiger partial charge < -0.3 is 19.5 Å². The van der Waals surface area contributed by atoms with Crippen LogP contribution < -0.4 is 4.90 Å². The topological polar surface area (TPSA) is 77.3 Å². The summed E-state index contributed by atoms with van der Waals surface area (Å²) in [6.45, 7) is 7.41. The smallest absolute Gasteiger partial charge is 0.338 e. The SMILES string of the molecule is CC1=CC(=O)OC2CC[NH+]3CCC(COC(=O)C(C)(O)C(C)C1)C23. The molecule has 0 aromatic carbocycles. The lowest BCUT2D eigenvalue weighted by Crippen LogP contribution is -3.12. The molecule has 134 valence electrons. The number of cyclic esters (lactones) is 1. The van der Waals surface area contributed by atoms with Crippen LogP contribution in [0.4, 0.5) is 0 Å². The van der Waals surface area contributed by atoms with Crippen molar-refractivity contribution in [3.8, 4) is 0 Å². The first-order chi connectivity index (χ1) is 11.3. The van der Waals surface area contributed by atoms with Crippen LogP contribution in [0.15, 0.2) is 11.6 Å². The number of carbonyl (C=O) groups excluding carboxylic acids is 2. The number of esters is 2. The number of quaternary nitrogens is 1. The minimum atomic E-state index is -1.56. The highest BCUT2D eigenvalue weighted by atomic mass is 16.6. The number of hydrogen-bond acceptors (Lipinski definition) is 5. The van der Waals surface area contributed by atoms with Gasteiger partial charge in [0.15, 0.2) is 11.7 Å². The van der Waals surface area contributed by atoms with Gasteiger partial charge in [-0.15, -0.1) is 0 Å². The Bertz CT molecular complexity index is 556. The molecule has 6 nitrogen and oxygen atoms in total. The Morgan fingerprint density at radius 2 is 2.00 bits per heavy atom. The van der Waals surface area contributed by atoms with Gasteiger partial charge in [-0.3, -0.25) is 0 Å². The molecule has 0 aromatic rings. The van der Waals surface area contributed by atoms with Gasteiger partial charge in [0, 0.05) is 18.9 Å². The summed E-state index contributed by atoms with van der Waals surface area (Å²) >= 11 is 0. The lowest BCUT2D eigenvalue weighted by molar-refractivity contribution is -0.902. The molecule has 3 rings (SSSR count). The maximum Gasteiger partial charge on any atom is 0.338 e. The molecule has 6 atom stereocenters. The van der Waals surface area contributed by atoms with Gasteiger partial charge in [0.1, 0.15) is 12.6 Å². The highest BCUT2D eigenvalue weighted by Gasteiger charge is 2.50. The molecular formula is C18H28NO5+. The molecule has 3 heterocycles. The monoisotopic (exact) mass is 338 g/mol. The number of allylic oxidation sites excluding steroid dienone is 1. The minimum Gasteiger partial charge on any atom is -0.463 e. The molecule has 0 aliphatic carbocycles. The summed E-state index contributed by atoms with van der Waals surface area (Å²) in [4.78, 5) is 26.1. The normalized spacial score (nSPS) is 43.7. The van der Waals surface area contributed by atoms with E-state index in [9.17, 15) is 14.7 Å².